The Balaban J connectivity index is 1.98. The number of aliphatic hydroxyl groups excluding tert-OH is 1. The van der Waals surface area contributed by atoms with Gasteiger partial charge in [0.1, 0.15) is 29.2 Å². The highest BCUT2D eigenvalue weighted by Crippen LogP contribution is 2.31. The number of hydrogen-bond acceptors (Lipinski definition) is 7. The number of carbonyl (C=O) groups excluding carboxylic acids is 1. The number of nitrogens with one attached hydrogen (secondary N) is 1. The summed E-state index contributed by atoms with van der Waals surface area (Å²) in [4.78, 5) is 36.0. The first-order chi connectivity index (χ1) is 15.2. The van der Waals surface area contributed by atoms with Crippen molar-refractivity contribution < 1.29 is 23.8 Å². The predicted molar refractivity (Wildman–Crippen MR) is 114 cm³/mol. The number of aliphatic hydroxyl groups is 1. The van der Waals surface area contributed by atoms with Crippen LogP contribution in [-0.4, -0.2) is 57.7 Å². The van der Waals surface area contributed by atoms with Gasteiger partial charge < -0.3 is 24.5 Å². The van der Waals surface area contributed by atoms with Gasteiger partial charge in [-0.3, -0.25) is 9.59 Å². The maximum Gasteiger partial charge on any atom is 0.274 e. The van der Waals surface area contributed by atoms with Gasteiger partial charge in [0.15, 0.2) is 11.5 Å². The van der Waals surface area contributed by atoms with E-state index in [-0.39, 0.29) is 35.2 Å². The van der Waals surface area contributed by atoms with E-state index < -0.39 is 17.8 Å². The first kappa shape index (κ1) is 22.9. The van der Waals surface area contributed by atoms with Crippen molar-refractivity contribution in [1.29, 1.82) is 0 Å². The quantitative estimate of drug-likeness (QED) is 0.577. The highest BCUT2D eigenvalue weighted by Gasteiger charge is 2.17. The fourth-order valence-corrected chi connectivity index (χ4v) is 2.69. The summed E-state index contributed by atoms with van der Waals surface area (Å²) in [6.45, 7) is 3.11. The molecule has 1 atom stereocenters. The van der Waals surface area contributed by atoms with Crippen LogP contribution >= 0.6 is 0 Å². The molecule has 0 aliphatic rings. The molecule has 168 valence electrons. The molecule has 0 spiro atoms. The summed E-state index contributed by atoms with van der Waals surface area (Å²) in [7, 11) is 3.00. The Labute approximate surface area is 183 Å². The van der Waals surface area contributed by atoms with Crippen molar-refractivity contribution in [3.05, 3.63) is 64.1 Å². The Morgan fingerprint density at radius 3 is 2.50 bits per heavy atom. The molecule has 1 amide bonds. The second-order valence-electron chi connectivity index (χ2n) is 7.35. The minimum absolute atomic E-state index is 0.0569. The zero-order valence-corrected chi connectivity index (χ0v) is 18.0. The van der Waals surface area contributed by atoms with Gasteiger partial charge in [0.05, 0.1) is 12.8 Å². The monoisotopic (exact) mass is 442 g/mol. The minimum atomic E-state index is -0.827. The Kier molecular flexibility index (Phi) is 6.84. The molecule has 0 saturated heterocycles. The van der Waals surface area contributed by atoms with E-state index in [9.17, 15) is 19.1 Å². The van der Waals surface area contributed by atoms with E-state index >= 15 is 0 Å². The van der Waals surface area contributed by atoms with Crippen LogP contribution in [0.2, 0.25) is 0 Å². The molecule has 32 heavy (non-hydrogen) atoms. The van der Waals surface area contributed by atoms with Crippen LogP contribution in [0.25, 0.3) is 11.4 Å². The fraction of sp³-hybridized carbons (Fsp3) is 0.273. The van der Waals surface area contributed by atoms with Crippen LogP contribution in [0, 0.1) is 12.7 Å². The lowest BCUT2D eigenvalue weighted by Gasteiger charge is -2.15. The van der Waals surface area contributed by atoms with Crippen LogP contribution in [0.1, 0.15) is 23.0 Å². The fourth-order valence-electron chi connectivity index (χ4n) is 2.69. The van der Waals surface area contributed by atoms with Gasteiger partial charge in [0.25, 0.3) is 11.5 Å². The molecule has 0 aliphatic carbocycles. The average Bonchev–Trinajstić information content (AvgIpc) is 2.75. The zero-order valence-electron chi connectivity index (χ0n) is 18.0. The zero-order chi connectivity index (χ0) is 23.4. The van der Waals surface area contributed by atoms with E-state index in [0.29, 0.717) is 16.9 Å². The van der Waals surface area contributed by atoms with Crippen LogP contribution < -0.4 is 15.0 Å². The number of aromatic amines is 1. The molecule has 3 rings (SSSR count). The van der Waals surface area contributed by atoms with E-state index in [2.05, 4.69) is 15.0 Å². The van der Waals surface area contributed by atoms with Gasteiger partial charge in [-0.05, 0) is 26.0 Å². The third kappa shape index (κ3) is 5.27. The molecule has 2 N–H and O–H groups in total. The van der Waals surface area contributed by atoms with Crippen molar-refractivity contribution in [2.75, 3.05) is 20.7 Å². The number of ether oxygens (including phenoxy) is 2. The van der Waals surface area contributed by atoms with Crippen LogP contribution in [0.15, 0.2) is 41.5 Å². The molecule has 1 unspecified atom stereocenters. The Morgan fingerprint density at radius 1 is 1.16 bits per heavy atom. The van der Waals surface area contributed by atoms with Crippen molar-refractivity contribution in [1.82, 2.24) is 19.9 Å². The first-order valence-corrected chi connectivity index (χ1v) is 9.72. The highest BCUT2D eigenvalue weighted by atomic mass is 19.1. The minimum Gasteiger partial charge on any atom is -0.488 e. The molecular formula is C22H23FN4O5. The van der Waals surface area contributed by atoms with E-state index in [4.69, 9.17) is 9.47 Å². The van der Waals surface area contributed by atoms with E-state index in [1.807, 2.05) is 0 Å². The van der Waals surface area contributed by atoms with Gasteiger partial charge in [-0.1, -0.05) is 0 Å². The largest absolute Gasteiger partial charge is 0.488 e. The van der Waals surface area contributed by atoms with Crippen molar-refractivity contribution in [3.63, 3.8) is 0 Å². The van der Waals surface area contributed by atoms with Crippen molar-refractivity contribution in [2.24, 2.45) is 0 Å². The third-order valence-electron chi connectivity index (χ3n) is 4.39. The summed E-state index contributed by atoms with van der Waals surface area (Å²) < 4.78 is 25.8. The van der Waals surface area contributed by atoms with Gasteiger partial charge in [-0.2, -0.15) is 0 Å². The SMILES string of the molecule is Cc1cnc(-c2cc(Oc3cnc(C(=O)N(C)C)c(F)c3)cc(OC(C)CO)c2)[nH]c1=O. The normalized spacial score (nSPS) is 11.7. The molecule has 2 aromatic heterocycles. The molecule has 0 bridgehead atoms. The predicted octanol–water partition coefficient (Wildman–Crippen LogP) is 2.53. The lowest BCUT2D eigenvalue weighted by Crippen LogP contribution is -2.23. The van der Waals surface area contributed by atoms with Crippen LogP contribution in [0.5, 0.6) is 17.2 Å². The molecule has 2 heterocycles. The number of amides is 1. The maximum absolute atomic E-state index is 14.4. The van der Waals surface area contributed by atoms with Gasteiger partial charge in [-0.25, -0.2) is 14.4 Å². The second-order valence-corrected chi connectivity index (χ2v) is 7.35. The van der Waals surface area contributed by atoms with Gasteiger partial charge in [-0.15, -0.1) is 0 Å². The van der Waals surface area contributed by atoms with Gasteiger partial charge in [0, 0.05) is 43.6 Å². The number of H-pyrrole nitrogens is 1. The Hall–Kier alpha value is -3.79. The molecule has 0 fully saturated rings. The molecule has 0 saturated carbocycles. The number of rotatable bonds is 7. The molecular weight excluding hydrogens is 419 g/mol. The molecule has 10 heteroatoms. The van der Waals surface area contributed by atoms with Crippen molar-refractivity contribution in [2.45, 2.75) is 20.0 Å². The van der Waals surface area contributed by atoms with Crippen molar-refractivity contribution in [3.8, 4) is 28.6 Å². The number of aromatic nitrogens is 3. The third-order valence-corrected chi connectivity index (χ3v) is 4.39. The van der Waals surface area contributed by atoms with Crippen LogP contribution in [-0.2, 0) is 0 Å². The maximum atomic E-state index is 14.4. The van der Waals surface area contributed by atoms with Crippen LogP contribution in [0.4, 0.5) is 4.39 Å². The molecule has 0 aliphatic heterocycles. The average molecular weight is 442 g/mol. The first-order valence-electron chi connectivity index (χ1n) is 9.72. The lowest BCUT2D eigenvalue weighted by molar-refractivity contribution is 0.0817. The van der Waals surface area contributed by atoms with Crippen molar-refractivity contribution >= 4 is 5.91 Å². The summed E-state index contributed by atoms with van der Waals surface area (Å²) in [6, 6.07) is 5.81. The number of nitrogens with zero attached hydrogens (tertiary/aromatic N) is 3. The molecule has 1 aromatic carbocycles. The highest BCUT2D eigenvalue weighted by molar-refractivity contribution is 5.92. The smallest absolute Gasteiger partial charge is 0.274 e. The van der Waals surface area contributed by atoms with Gasteiger partial charge >= 0.3 is 0 Å². The number of carbonyl (C=O) groups is 1. The lowest BCUT2D eigenvalue weighted by atomic mass is 10.1. The summed E-state index contributed by atoms with van der Waals surface area (Å²) in [5.74, 6) is -0.467. The molecule has 3 aromatic rings. The number of pyridine rings is 1. The van der Waals surface area contributed by atoms with Crippen LogP contribution in [0.3, 0.4) is 0 Å². The number of hydrogen-bond donors (Lipinski definition) is 2. The van der Waals surface area contributed by atoms with E-state index in [1.165, 1.54) is 31.4 Å². The molecule has 9 nitrogen and oxygen atoms in total. The van der Waals surface area contributed by atoms with Gasteiger partial charge in [0.2, 0.25) is 0 Å². The van der Waals surface area contributed by atoms with E-state index in [1.54, 1.807) is 32.0 Å². The number of benzene rings is 1. The number of aryl methyl sites for hydroxylation is 1. The summed E-state index contributed by atoms with van der Waals surface area (Å²) in [5.41, 5.74) is 0.325. The summed E-state index contributed by atoms with van der Waals surface area (Å²) >= 11 is 0. The summed E-state index contributed by atoms with van der Waals surface area (Å²) in [5, 5.41) is 9.30. The Morgan fingerprint density at radius 2 is 1.88 bits per heavy atom. The Bertz CT molecular complexity index is 1200. The number of halogens is 1. The topological polar surface area (TPSA) is 118 Å². The second kappa shape index (κ2) is 9.56. The molecule has 0 radical (unpaired) electrons. The standard InChI is InChI=1S/C22H23FN4O5/c1-12-9-25-20(26-21(12)29)14-5-15(31-13(2)11-28)7-16(6-14)32-17-8-18(23)19(24-10-17)22(30)27(3)4/h5-10,13,28H,11H2,1-4H3,(H,25,26,29). The summed E-state index contributed by atoms with van der Waals surface area (Å²) in [6.07, 6.45) is 2.17. The van der Waals surface area contributed by atoms with E-state index in [0.717, 1.165) is 6.07 Å².